The summed E-state index contributed by atoms with van der Waals surface area (Å²) in [6.45, 7) is 19.8. The molecule has 40 heavy (non-hydrogen) atoms. The molecule has 1 heterocycles. The molecule has 0 amide bonds. The quantitative estimate of drug-likeness (QED) is 0.225. The smallest absolute Gasteiger partial charge is 0.308 e. The number of ether oxygens (including phenoxy) is 4. The number of carbonyl (C=O) groups excluding carboxylic acids is 2. The highest BCUT2D eigenvalue weighted by Gasteiger charge is 2.66. The predicted octanol–water partition coefficient (Wildman–Crippen LogP) is 7.59. The third-order valence-corrected chi connectivity index (χ3v) is 9.95. The molecule has 3 aliphatic carbocycles. The first kappa shape index (κ1) is 26.9. The average Bonchev–Trinajstić information content (AvgIpc) is 3.13. The Labute approximate surface area is 237 Å². The summed E-state index contributed by atoms with van der Waals surface area (Å²) in [5.74, 6) is 2.15. The van der Waals surface area contributed by atoms with Crippen molar-refractivity contribution in [1.29, 1.82) is 0 Å². The van der Waals surface area contributed by atoms with Gasteiger partial charge in [-0.05, 0) is 87.5 Å². The van der Waals surface area contributed by atoms with Gasteiger partial charge in [0, 0.05) is 42.9 Å². The van der Waals surface area contributed by atoms with Crippen LogP contribution in [0, 0.1) is 13.8 Å². The third-order valence-electron chi connectivity index (χ3n) is 9.95. The summed E-state index contributed by atoms with van der Waals surface area (Å²) < 4.78 is 26.1. The zero-order chi connectivity index (χ0) is 28.9. The zero-order valence-electron chi connectivity index (χ0n) is 25.0. The van der Waals surface area contributed by atoms with Crippen LogP contribution < -0.4 is 18.9 Å². The lowest BCUT2D eigenvalue weighted by atomic mass is 9.69. The van der Waals surface area contributed by atoms with Gasteiger partial charge in [0.05, 0.1) is 0 Å². The highest BCUT2D eigenvalue weighted by atomic mass is 16.6. The number of carbonyl (C=O) groups is 2. The van der Waals surface area contributed by atoms with Crippen molar-refractivity contribution >= 4 is 11.9 Å². The predicted molar refractivity (Wildman–Crippen MR) is 153 cm³/mol. The molecular formula is C34H40O6. The lowest BCUT2D eigenvalue weighted by Gasteiger charge is -2.52. The molecule has 0 bridgehead atoms. The first-order chi connectivity index (χ1) is 18.8. The van der Waals surface area contributed by atoms with Gasteiger partial charge in [0.25, 0.3) is 0 Å². The molecule has 2 aromatic rings. The average molecular weight is 545 g/mol. The molecule has 212 valence electrons. The van der Waals surface area contributed by atoms with Gasteiger partial charge in [0.1, 0.15) is 0 Å². The van der Waals surface area contributed by atoms with E-state index in [0.717, 1.165) is 65.0 Å². The molecule has 6 heteroatoms. The van der Waals surface area contributed by atoms with Gasteiger partial charge in [-0.1, -0.05) is 32.1 Å². The number of benzene rings is 2. The number of hydrogen-bond donors (Lipinski definition) is 0. The molecule has 0 unspecified atom stereocenters. The minimum absolute atomic E-state index is 0.0779. The van der Waals surface area contributed by atoms with Gasteiger partial charge in [-0.3, -0.25) is 9.59 Å². The first-order valence-electron chi connectivity index (χ1n) is 14.6. The second kappa shape index (κ2) is 8.86. The molecule has 6 nitrogen and oxygen atoms in total. The zero-order valence-corrected chi connectivity index (χ0v) is 25.0. The van der Waals surface area contributed by atoms with E-state index in [1.165, 1.54) is 30.5 Å². The van der Waals surface area contributed by atoms with E-state index in [2.05, 4.69) is 47.3 Å². The number of fused-ring (bicyclic) bond motifs is 3. The highest BCUT2D eigenvalue weighted by Crippen LogP contribution is 2.66. The highest BCUT2D eigenvalue weighted by molar-refractivity contribution is 5.78. The van der Waals surface area contributed by atoms with E-state index in [0.29, 0.717) is 29.8 Å². The van der Waals surface area contributed by atoms with Crippen molar-refractivity contribution in [1.82, 2.24) is 0 Å². The normalized spacial score (nSPS) is 29.1. The SMILES string of the molecule is C=C(C)[C@H]1CC[C@H](C)c2c1cc(C)c1c2O[C@]23CC[C@H](C)c4c(OC(C)=O)c(OC(C)=O)c(C)c(c42)C[C@]3(C)O1. The van der Waals surface area contributed by atoms with E-state index in [1.807, 2.05) is 6.92 Å². The Morgan fingerprint density at radius 2 is 1.57 bits per heavy atom. The van der Waals surface area contributed by atoms with Crippen LogP contribution in [0.4, 0.5) is 0 Å². The van der Waals surface area contributed by atoms with Crippen molar-refractivity contribution in [3.8, 4) is 23.0 Å². The van der Waals surface area contributed by atoms with Crippen LogP contribution in [0.5, 0.6) is 23.0 Å². The molecule has 0 fully saturated rings. The Morgan fingerprint density at radius 1 is 0.925 bits per heavy atom. The molecule has 6 rings (SSSR count). The molecule has 4 aliphatic rings. The Morgan fingerprint density at radius 3 is 2.23 bits per heavy atom. The summed E-state index contributed by atoms with van der Waals surface area (Å²) >= 11 is 0. The van der Waals surface area contributed by atoms with Crippen molar-refractivity contribution in [2.45, 2.75) is 116 Å². The van der Waals surface area contributed by atoms with Crippen LogP contribution in [0.3, 0.4) is 0 Å². The first-order valence-corrected chi connectivity index (χ1v) is 14.6. The van der Waals surface area contributed by atoms with E-state index in [4.69, 9.17) is 18.9 Å². The second-order valence-electron chi connectivity index (χ2n) is 12.8. The molecule has 5 atom stereocenters. The number of aryl methyl sites for hydroxylation is 1. The monoisotopic (exact) mass is 544 g/mol. The molecule has 0 N–H and O–H groups in total. The summed E-state index contributed by atoms with van der Waals surface area (Å²) in [6, 6.07) is 2.28. The Kier molecular flexibility index (Phi) is 5.96. The van der Waals surface area contributed by atoms with Crippen molar-refractivity contribution in [3.05, 3.63) is 57.2 Å². The molecular weight excluding hydrogens is 504 g/mol. The van der Waals surface area contributed by atoms with E-state index in [9.17, 15) is 9.59 Å². The van der Waals surface area contributed by atoms with Crippen LogP contribution in [-0.2, 0) is 21.6 Å². The van der Waals surface area contributed by atoms with Gasteiger partial charge in [-0.2, -0.15) is 0 Å². The van der Waals surface area contributed by atoms with E-state index >= 15 is 0 Å². The van der Waals surface area contributed by atoms with Gasteiger partial charge >= 0.3 is 11.9 Å². The summed E-state index contributed by atoms with van der Waals surface area (Å²) in [4.78, 5) is 24.5. The Balaban J connectivity index is 1.64. The number of rotatable bonds is 3. The van der Waals surface area contributed by atoms with E-state index in [-0.39, 0.29) is 5.92 Å². The summed E-state index contributed by atoms with van der Waals surface area (Å²) in [5.41, 5.74) is 7.12. The number of esters is 2. The molecule has 0 saturated carbocycles. The van der Waals surface area contributed by atoms with Crippen molar-refractivity contribution in [3.63, 3.8) is 0 Å². The van der Waals surface area contributed by atoms with Crippen molar-refractivity contribution in [2.75, 3.05) is 0 Å². The second-order valence-corrected chi connectivity index (χ2v) is 12.8. The summed E-state index contributed by atoms with van der Waals surface area (Å²) in [6.07, 6.45) is 4.34. The maximum absolute atomic E-state index is 12.3. The van der Waals surface area contributed by atoms with Crippen molar-refractivity contribution < 1.29 is 28.5 Å². The Bertz CT molecular complexity index is 1500. The van der Waals surface area contributed by atoms with Crippen LogP contribution in [0.2, 0.25) is 0 Å². The molecule has 1 aliphatic heterocycles. The van der Waals surface area contributed by atoms with E-state index in [1.54, 1.807) is 0 Å². The number of allylic oxidation sites excluding steroid dienone is 1. The minimum atomic E-state index is -0.761. The lowest BCUT2D eigenvalue weighted by molar-refractivity contribution is -0.137. The topological polar surface area (TPSA) is 71.1 Å². The molecule has 0 aromatic heterocycles. The van der Waals surface area contributed by atoms with Gasteiger partial charge < -0.3 is 18.9 Å². The van der Waals surface area contributed by atoms with Gasteiger partial charge in [-0.25, -0.2) is 0 Å². The van der Waals surface area contributed by atoms with Gasteiger partial charge in [0.15, 0.2) is 34.2 Å². The molecule has 1 spiro atoms. The number of hydrogen-bond acceptors (Lipinski definition) is 6. The van der Waals surface area contributed by atoms with Crippen LogP contribution in [0.15, 0.2) is 18.2 Å². The third kappa shape index (κ3) is 3.53. The van der Waals surface area contributed by atoms with Crippen molar-refractivity contribution in [2.24, 2.45) is 0 Å². The molecule has 2 aromatic carbocycles. The standard InChI is InChI=1S/C34H40O6/c1-16(2)23-11-10-17(3)26-24(23)14-19(5)29-32(26)40-34-13-12-18(4)27-28(34)25(15-33(34,9)39-29)20(6)30(37-21(7)35)31(27)38-22(8)36/h14,17-18,23H,1,10-13,15H2,2-9H3/t17-,18-,23+,33-,34+/m0/s1. The fourth-order valence-corrected chi connectivity index (χ4v) is 8.05. The largest absolute Gasteiger partial charge is 0.478 e. The van der Waals surface area contributed by atoms with Gasteiger partial charge in [-0.15, -0.1) is 0 Å². The summed E-state index contributed by atoms with van der Waals surface area (Å²) in [7, 11) is 0. The molecule has 0 radical (unpaired) electrons. The maximum Gasteiger partial charge on any atom is 0.308 e. The fraction of sp³-hybridized carbons (Fsp3) is 0.529. The summed E-state index contributed by atoms with van der Waals surface area (Å²) in [5, 5.41) is 0. The van der Waals surface area contributed by atoms with Crippen LogP contribution in [0.25, 0.3) is 0 Å². The Hall–Kier alpha value is -3.28. The van der Waals surface area contributed by atoms with Crippen LogP contribution >= 0.6 is 0 Å². The lowest BCUT2D eigenvalue weighted by Crippen LogP contribution is -2.58. The van der Waals surface area contributed by atoms with Crippen LogP contribution in [0.1, 0.15) is 124 Å². The maximum atomic E-state index is 12.3. The fourth-order valence-electron chi connectivity index (χ4n) is 8.05. The minimum Gasteiger partial charge on any atom is -0.478 e. The molecule has 0 saturated heterocycles. The van der Waals surface area contributed by atoms with Gasteiger partial charge in [0.2, 0.25) is 0 Å². The van der Waals surface area contributed by atoms with E-state index < -0.39 is 23.1 Å². The van der Waals surface area contributed by atoms with Crippen LogP contribution in [-0.4, -0.2) is 17.5 Å².